The average molecular weight is 218 g/mol. The second-order valence-electron chi connectivity index (χ2n) is 4.15. The van der Waals surface area contributed by atoms with Gasteiger partial charge in [0.25, 0.3) is 0 Å². The van der Waals surface area contributed by atoms with Crippen molar-refractivity contribution in [1.82, 2.24) is 10.0 Å². The number of hydrogen-bond donors (Lipinski definition) is 0. The maximum Gasteiger partial charge on any atom is 0.0653 e. The summed E-state index contributed by atoms with van der Waals surface area (Å²) in [5, 5.41) is 8.88. The van der Waals surface area contributed by atoms with Crippen LogP contribution in [0.4, 0.5) is 0 Å². The second kappa shape index (κ2) is 3.26. The van der Waals surface area contributed by atoms with Crippen LogP contribution in [0.15, 0.2) is 22.7 Å². The number of rotatable bonds is 2. The number of benzene rings is 1. The Morgan fingerprint density at radius 2 is 1.25 bits per heavy atom. The van der Waals surface area contributed by atoms with Crippen LogP contribution in [0.25, 0.3) is 0 Å². The quantitative estimate of drug-likeness (QED) is 0.708. The van der Waals surface area contributed by atoms with Crippen LogP contribution in [-0.4, -0.2) is 10.0 Å². The third-order valence-electron chi connectivity index (χ3n) is 3.24. The standard InChI is InChI=1S/C10H10N4O2/c15-11-13-3-7-1-2-8-4-14(12-16)6-10(8)9(7)5-13/h1-2H,3-6H2. The zero-order valence-corrected chi connectivity index (χ0v) is 8.59. The second-order valence-corrected chi connectivity index (χ2v) is 4.15. The summed E-state index contributed by atoms with van der Waals surface area (Å²) in [6.45, 7) is 2.24. The van der Waals surface area contributed by atoms with Gasteiger partial charge in [-0.1, -0.05) is 12.1 Å². The van der Waals surface area contributed by atoms with Crippen LogP contribution in [0.2, 0.25) is 0 Å². The van der Waals surface area contributed by atoms with Crippen molar-refractivity contribution in [2.45, 2.75) is 26.2 Å². The first-order valence-corrected chi connectivity index (χ1v) is 5.10. The minimum absolute atomic E-state index is 0.550. The van der Waals surface area contributed by atoms with Crippen molar-refractivity contribution in [2.24, 2.45) is 10.6 Å². The van der Waals surface area contributed by atoms with Gasteiger partial charge in [-0.3, -0.25) is 10.0 Å². The van der Waals surface area contributed by atoms with Gasteiger partial charge in [-0.15, -0.1) is 9.81 Å². The van der Waals surface area contributed by atoms with Crippen molar-refractivity contribution in [2.75, 3.05) is 0 Å². The molecule has 0 radical (unpaired) electrons. The van der Waals surface area contributed by atoms with Gasteiger partial charge in [-0.2, -0.15) is 0 Å². The first-order chi connectivity index (χ1) is 7.81. The number of nitrogens with zero attached hydrogens (tertiary/aromatic N) is 4. The van der Waals surface area contributed by atoms with Crippen LogP contribution >= 0.6 is 0 Å². The molecule has 2 aliphatic heterocycles. The van der Waals surface area contributed by atoms with Crippen molar-refractivity contribution in [3.63, 3.8) is 0 Å². The molecule has 1 aromatic rings. The Kier molecular flexibility index (Phi) is 1.89. The van der Waals surface area contributed by atoms with Gasteiger partial charge in [0, 0.05) is 0 Å². The molecule has 0 amide bonds. The van der Waals surface area contributed by atoms with E-state index in [2.05, 4.69) is 10.6 Å². The van der Waals surface area contributed by atoms with Gasteiger partial charge < -0.3 is 0 Å². The molecule has 6 heteroatoms. The fraction of sp³-hybridized carbons (Fsp3) is 0.400. The molecule has 0 unspecified atom stereocenters. The lowest BCUT2D eigenvalue weighted by atomic mass is 10.0. The van der Waals surface area contributed by atoms with E-state index in [0.717, 1.165) is 22.3 Å². The van der Waals surface area contributed by atoms with Crippen LogP contribution in [-0.2, 0) is 26.2 Å². The molecule has 0 fully saturated rings. The molecule has 16 heavy (non-hydrogen) atoms. The molecule has 0 spiro atoms. The van der Waals surface area contributed by atoms with Gasteiger partial charge in [-0.25, -0.2) is 0 Å². The van der Waals surface area contributed by atoms with E-state index in [1.54, 1.807) is 0 Å². The molecule has 0 aliphatic carbocycles. The molecule has 2 heterocycles. The van der Waals surface area contributed by atoms with E-state index in [1.165, 1.54) is 10.0 Å². The molecule has 0 atom stereocenters. The number of fused-ring (bicyclic) bond motifs is 3. The topological polar surface area (TPSA) is 65.3 Å². The van der Waals surface area contributed by atoms with Crippen LogP contribution in [0, 0.1) is 9.81 Å². The normalized spacial score (nSPS) is 17.2. The van der Waals surface area contributed by atoms with Crippen molar-refractivity contribution >= 4 is 0 Å². The molecule has 2 aliphatic rings. The molecular weight excluding hydrogens is 208 g/mol. The molecule has 0 saturated heterocycles. The van der Waals surface area contributed by atoms with E-state index in [-0.39, 0.29) is 0 Å². The zero-order chi connectivity index (χ0) is 11.1. The average Bonchev–Trinajstić information content (AvgIpc) is 2.90. The summed E-state index contributed by atoms with van der Waals surface area (Å²) in [6.07, 6.45) is 0. The Bertz CT molecular complexity index is 431. The van der Waals surface area contributed by atoms with E-state index in [1.807, 2.05) is 12.1 Å². The minimum atomic E-state index is 0.550. The van der Waals surface area contributed by atoms with Crippen LogP contribution in [0.5, 0.6) is 0 Å². The Balaban J connectivity index is 2.01. The third kappa shape index (κ3) is 1.19. The van der Waals surface area contributed by atoms with Crippen LogP contribution in [0.3, 0.4) is 0 Å². The van der Waals surface area contributed by atoms with Crippen molar-refractivity contribution in [3.05, 3.63) is 44.2 Å². The highest BCUT2D eigenvalue weighted by Crippen LogP contribution is 2.33. The Morgan fingerprint density at radius 1 is 0.812 bits per heavy atom. The molecular formula is C10H10N4O2. The van der Waals surface area contributed by atoms with Crippen molar-refractivity contribution < 1.29 is 0 Å². The third-order valence-corrected chi connectivity index (χ3v) is 3.24. The highest BCUT2D eigenvalue weighted by Gasteiger charge is 2.28. The number of nitroso groups, excluding NO2 is 2. The van der Waals surface area contributed by atoms with Gasteiger partial charge in [0.1, 0.15) is 0 Å². The largest absolute Gasteiger partial charge is 0.252 e. The molecule has 6 nitrogen and oxygen atoms in total. The van der Waals surface area contributed by atoms with E-state index >= 15 is 0 Å². The Morgan fingerprint density at radius 3 is 1.62 bits per heavy atom. The maximum absolute atomic E-state index is 10.5. The van der Waals surface area contributed by atoms with Gasteiger partial charge in [0.05, 0.1) is 36.8 Å². The van der Waals surface area contributed by atoms with Gasteiger partial charge in [0.2, 0.25) is 0 Å². The van der Waals surface area contributed by atoms with Crippen LogP contribution in [0.1, 0.15) is 22.3 Å². The molecule has 0 aromatic heterocycles. The summed E-state index contributed by atoms with van der Waals surface area (Å²) in [5.41, 5.74) is 4.55. The molecule has 0 N–H and O–H groups in total. The van der Waals surface area contributed by atoms with Gasteiger partial charge in [-0.05, 0) is 22.3 Å². The van der Waals surface area contributed by atoms with E-state index in [4.69, 9.17) is 0 Å². The number of hydrogen-bond acceptors (Lipinski definition) is 4. The van der Waals surface area contributed by atoms with E-state index in [9.17, 15) is 9.81 Å². The van der Waals surface area contributed by atoms with E-state index < -0.39 is 0 Å². The predicted molar refractivity (Wildman–Crippen MR) is 56.5 cm³/mol. The zero-order valence-electron chi connectivity index (χ0n) is 8.59. The highest BCUT2D eigenvalue weighted by atomic mass is 16.3. The van der Waals surface area contributed by atoms with Gasteiger partial charge >= 0.3 is 0 Å². The molecule has 3 rings (SSSR count). The lowest BCUT2D eigenvalue weighted by molar-refractivity contribution is 0.288. The van der Waals surface area contributed by atoms with Crippen LogP contribution < -0.4 is 0 Å². The fourth-order valence-electron chi connectivity index (χ4n) is 2.47. The SMILES string of the molecule is O=NN1Cc2ccc3c(c2C1)CN(N=O)C3. The highest BCUT2D eigenvalue weighted by molar-refractivity contribution is 5.44. The lowest BCUT2D eigenvalue weighted by Gasteiger charge is -2.05. The smallest absolute Gasteiger partial charge is 0.0653 e. The first kappa shape index (κ1) is 9.26. The van der Waals surface area contributed by atoms with Crippen molar-refractivity contribution in [3.8, 4) is 0 Å². The summed E-state index contributed by atoms with van der Waals surface area (Å²) >= 11 is 0. The Labute approximate surface area is 91.7 Å². The summed E-state index contributed by atoms with van der Waals surface area (Å²) in [4.78, 5) is 21.0. The van der Waals surface area contributed by atoms with Gasteiger partial charge in [0.15, 0.2) is 0 Å². The van der Waals surface area contributed by atoms with E-state index in [0.29, 0.717) is 26.2 Å². The summed E-state index contributed by atoms with van der Waals surface area (Å²) in [6, 6.07) is 4.02. The Hall–Kier alpha value is -1.98. The predicted octanol–water partition coefficient (Wildman–Crippen LogP) is 1.68. The minimum Gasteiger partial charge on any atom is -0.252 e. The fourth-order valence-corrected chi connectivity index (χ4v) is 2.47. The first-order valence-electron chi connectivity index (χ1n) is 5.10. The molecule has 1 aromatic carbocycles. The van der Waals surface area contributed by atoms with Crippen molar-refractivity contribution in [1.29, 1.82) is 0 Å². The summed E-state index contributed by atoms with van der Waals surface area (Å²) in [7, 11) is 0. The molecule has 0 bridgehead atoms. The summed E-state index contributed by atoms with van der Waals surface area (Å²) in [5.74, 6) is 0. The molecule has 0 saturated carbocycles. The monoisotopic (exact) mass is 218 g/mol. The molecule has 82 valence electrons. The lowest BCUT2D eigenvalue weighted by Crippen LogP contribution is -2.08. The summed E-state index contributed by atoms with van der Waals surface area (Å²) < 4.78 is 0. The maximum atomic E-state index is 10.5.